The SMILES string of the molecule is CON=C1C[C@@H](C(=O)NCC(O)c2ccc(O)cc2)N(C(=O)c2ccc(-c3c(C)cccc3C)cc2)C1. The van der Waals surface area contributed by atoms with E-state index in [1.54, 1.807) is 24.3 Å². The van der Waals surface area contributed by atoms with E-state index in [4.69, 9.17) is 4.84 Å². The van der Waals surface area contributed by atoms with Crippen molar-refractivity contribution in [2.75, 3.05) is 20.2 Å². The third-order valence-corrected chi connectivity index (χ3v) is 6.59. The maximum atomic E-state index is 13.5. The van der Waals surface area contributed by atoms with E-state index in [-0.39, 0.29) is 37.1 Å². The van der Waals surface area contributed by atoms with Crippen LogP contribution < -0.4 is 5.32 Å². The number of aromatic hydroxyl groups is 1. The third-order valence-electron chi connectivity index (χ3n) is 6.59. The highest BCUT2D eigenvalue weighted by molar-refractivity contribution is 6.05. The molecule has 8 nitrogen and oxygen atoms in total. The average molecular weight is 502 g/mol. The molecule has 0 saturated carbocycles. The summed E-state index contributed by atoms with van der Waals surface area (Å²) in [5.74, 6) is -0.583. The van der Waals surface area contributed by atoms with E-state index in [0.29, 0.717) is 16.8 Å². The maximum Gasteiger partial charge on any atom is 0.254 e. The monoisotopic (exact) mass is 501 g/mol. The van der Waals surface area contributed by atoms with Gasteiger partial charge in [0, 0.05) is 18.5 Å². The Balaban J connectivity index is 1.49. The fourth-order valence-electron chi connectivity index (χ4n) is 4.69. The zero-order valence-electron chi connectivity index (χ0n) is 21.1. The molecule has 2 atom stereocenters. The molecule has 0 spiro atoms. The normalized spacial score (nSPS) is 17.0. The molecule has 0 aliphatic carbocycles. The Bertz CT molecular complexity index is 1280. The van der Waals surface area contributed by atoms with Gasteiger partial charge in [-0.1, -0.05) is 47.6 Å². The van der Waals surface area contributed by atoms with Gasteiger partial charge in [0.25, 0.3) is 5.91 Å². The Morgan fingerprint density at radius 3 is 2.32 bits per heavy atom. The third kappa shape index (κ3) is 5.81. The number of aliphatic hydroxyl groups is 1. The molecule has 4 rings (SSSR count). The molecule has 0 aromatic heterocycles. The van der Waals surface area contributed by atoms with E-state index >= 15 is 0 Å². The van der Waals surface area contributed by atoms with Crippen molar-refractivity contribution in [2.45, 2.75) is 32.4 Å². The van der Waals surface area contributed by atoms with Crippen LogP contribution in [0.1, 0.15) is 39.6 Å². The lowest BCUT2D eigenvalue weighted by molar-refractivity contribution is -0.125. The summed E-state index contributed by atoms with van der Waals surface area (Å²) in [4.78, 5) is 32.9. The lowest BCUT2D eigenvalue weighted by Gasteiger charge is -2.24. The predicted molar refractivity (Wildman–Crippen MR) is 141 cm³/mol. The molecule has 1 fully saturated rings. The van der Waals surface area contributed by atoms with Gasteiger partial charge < -0.3 is 25.3 Å². The van der Waals surface area contributed by atoms with E-state index in [2.05, 4.69) is 36.5 Å². The fourth-order valence-corrected chi connectivity index (χ4v) is 4.69. The van der Waals surface area contributed by atoms with Crippen LogP contribution >= 0.6 is 0 Å². The van der Waals surface area contributed by atoms with Gasteiger partial charge in [-0.3, -0.25) is 9.59 Å². The van der Waals surface area contributed by atoms with Crippen LogP contribution in [-0.2, 0) is 9.63 Å². The van der Waals surface area contributed by atoms with Crippen LogP contribution in [-0.4, -0.2) is 58.9 Å². The average Bonchev–Trinajstić information content (AvgIpc) is 3.31. The number of aryl methyl sites for hydroxylation is 2. The van der Waals surface area contributed by atoms with Crippen molar-refractivity contribution in [1.82, 2.24) is 10.2 Å². The Labute approximate surface area is 216 Å². The standard InChI is InChI=1S/C29H31N3O5/c1-18-5-4-6-19(2)27(18)21-7-9-22(10-8-21)29(36)32-17-23(31-37-3)15-25(32)28(35)30-16-26(34)20-11-13-24(33)14-12-20/h4-14,25-26,33-34H,15-17H2,1-3H3,(H,30,35)/t25-,26?/m0/s1. The number of likely N-dealkylation sites (tertiary alicyclic amines) is 1. The summed E-state index contributed by atoms with van der Waals surface area (Å²) in [6.07, 6.45) is -0.721. The second-order valence-electron chi connectivity index (χ2n) is 9.19. The number of hydrogen-bond acceptors (Lipinski definition) is 6. The lowest BCUT2D eigenvalue weighted by atomic mass is 9.95. The molecule has 1 saturated heterocycles. The summed E-state index contributed by atoms with van der Waals surface area (Å²) < 4.78 is 0. The summed E-state index contributed by atoms with van der Waals surface area (Å²) in [6, 6.07) is 18.9. The highest BCUT2D eigenvalue weighted by Crippen LogP contribution is 2.28. The first-order chi connectivity index (χ1) is 17.8. The van der Waals surface area contributed by atoms with E-state index in [9.17, 15) is 19.8 Å². The van der Waals surface area contributed by atoms with Crippen molar-refractivity contribution in [1.29, 1.82) is 0 Å². The van der Waals surface area contributed by atoms with Crippen LogP contribution in [0.15, 0.2) is 71.9 Å². The summed E-state index contributed by atoms with van der Waals surface area (Å²) in [5.41, 5.74) is 6.09. The van der Waals surface area contributed by atoms with E-state index in [1.165, 1.54) is 24.1 Å². The molecule has 1 aliphatic heterocycles. The number of carbonyl (C=O) groups is 2. The second kappa shape index (κ2) is 11.3. The van der Waals surface area contributed by atoms with E-state index in [1.807, 2.05) is 18.2 Å². The second-order valence-corrected chi connectivity index (χ2v) is 9.19. The Morgan fingerprint density at radius 1 is 1.05 bits per heavy atom. The molecule has 192 valence electrons. The summed E-state index contributed by atoms with van der Waals surface area (Å²) in [7, 11) is 1.42. The minimum absolute atomic E-state index is 0.0383. The highest BCUT2D eigenvalue weighted by atomic mass is 16.6. The van der Waals surface area contributed by atoms with Gasteiger partial charge in [-0.15, -0.1) is 0 Å². The van der Waals surface area contributed by atoms with Crippen molar-refractivity contribution in [3.63, 3.8) is 0 Å². The van der Waals surface area contributed by atoms with Gasteiger partial charge in [0.2, 0.25) is 5.91 Å². The van der Waals surface area contributed by atoms with Gasteiger partial charge in [-0.2, -0.15) is 0 Å². The van der Waals surface area contributed by atoms with E-state index < -0.39 is 12.1 Å². The summed E-state index contributed by atoms with van der Waals surface area (Å²) >= 11 is 0. The summed E-state index contributed by atoms with van der Waals surface area (Å²) in [5, 5.41) is 26.6. The van der Waals surface area contributed by atoms with E-state index in [0.717, 1.165) is 22.3 Å². The first-order valence-electron chi connectivity index (χ1n) is 12.1. The molecule has 3 aromatic carbocycles. The minimum Gasteiger partial charge on any atom is -0.508 e. The van der Waals surface area contributed by atoms with Crippen molar-refractivity contribution in [3.05, 3.63) is 89.0 Å². The number of phenols is 1. The highest BCUT2D eigenvalue weighted by Gasteiger charge is 2.38. The van der Waals surface area contributed by atoms with Crippen molar-refractivity contribution >= 4 is 17.5 Å². The van der Waals surface area contributed by atoms with Gasteiger partial charge in [-0.05, 0) is 65.9 Å². The number of nitrogens with zero attached hydrogens (tertiary/aromatic N) is 2. The zero-order chi connectivity index (χ0) is 26.5. The van der Waals surface area contributed by atoms with Crippen LogP contribution in [0.2, 0.25) is 0 Å². The van der Waals surface area contributed by atoms with Gasteiger partial charge in [0.05, 0.1) is 18.4 Å². The molecule has 0 radical (unpaired) electrons. The lowest BCUT2D eigenvalue weighted by Crippen LogP contribution is -2.46. The first kappa shape index (κ1) is 25.9. The van der Waals surface area contributed by atoms with Crippen LogP contribution in [0, 0.1) is 13.8 Å². The smallest absolute Gasteiger partial charge is 0.254 e. The first-order valence-corrected chi connectivity index (χ1v) is 12.1. The number of nitrogens with one attached hydrogen (secondary N) is 1. The van der Waals surface area contributed by atoms with Gasteiger partial charge in [0.15, 0.2) is 0 Å². The number of oxime groups is 1. The minimum atomic E-state index is -0.959. The van der Waals surface area contributed by atoms with Crippen molar-refractivity contribution in [3.8, 4) is 16.9 Å². The Morgan fingerprint density at radius 2 is 1.70 bits per heavy atom. The van der Waals surface area contributed by atoms with Gasteiger partial charge in [0.1, 0.15) is 18.9 Å². The molecule has 2 amide bonds. The maximum absolute atomic E-state index is 13.5. The molecule has 1 heterocycles. The molecule has 1 unspecified atom stereocenters. The van der Waals surface area contributed by atoms with Crippen LogP contribution in [0.25, 0.3) is 11.1 Å². The van der Waals surface area contributed by atoms with Crippen LogP contribution in [0.3, 0.4) is 0 Å². The number of amides is 2. The molecule has 37 heavy (non-hydrogen) atoms. The Hall–Kier alpha value is -4.17. The topological polar surface area (TPSA) is 111 Å². The molecular weight excluding hydrogens is 470 g/mol. The summed E-state index contributed by atoms with van der Waals surface area (Å²) in [6.45, 7) is 4.25. The molecule has 0 bridgehead atoms. The number of phenolic OH excluding ortho intramolecular Hbond substituents is 1. The largest absolute Gasteiger partial charge is 0.508 e. The van der Waals surface area contributed by atoms with Gasteiger partial charge in [-0.25, -0.2) is 0 Å². The quantitative estimate of drug-likeness (QED) is 0.427. The number of aliphatic hydroxyl groups excluding tert-OH is 1. The zero-order valence-corrected chi connectivity index (χ0v) is 21.1. The Kier molecular flexibility index (Phi) is 7.89. The molecule has 3 N–H and O–H groups in total. The number of carbonyl (C=O) groups excluding carboxylic acids is 2. The van der Waals surface area contributed by atoms with Crippen molar-refractivity contribution in [2.24, 2.45) is 5.16 Å². The fraction of sp³-hybridized carbons (Fsp3) is 0.276. The van der Waals surface area contributed by atoms with Crippen LogP contribution in [0.4, 0.5) is 0 Å². The van der Waals surface area contributed by atoms with Gasteiger partial charge >= 0.3 is 0 Å². The molecule has 8 heteroatoms. The number of rotatable bonds is 7. The predicted octanol–water partition coefficient (Wildman–Crippen LogP) is 3.74. The molecule has 1 aliphatic rings. The van der Waals surface area contributed by atoms with Crippen molar-refractivity contribution < 1.29 is 24.6 Å². The number of benzene rings is 3. The molecular formula is C29H31N3O5. The molecule has 3 aromatic rings. The number of hydrogen-bond donors (Lipinski definition) is 3. The van der Waals surface area contributed by atoms with Crippen LogP contribution in [0.5, 0.6) is 5.75 Å².